The number of esters is 1. The van der Waals surface area contributed by atoms with Crippen molar-refractivity contribution < 1.29 is 14.3 Å². The van der Waals surface area contributed by atoms with Crippen molar-refractivity contribution in [3.05, 3.63) is 71.8 Å². The van der Waals surface area contributed by atoms with Crippen LogP contribution in [0.3, 0.4) is 0 Å². The second-order valence-corrected chi connectivity index (χ2v) is 11.5. The number of hydrogen-bond donors (Lipinski definition) is 0. The number of anilines is 1. The highest BCUT2D eigenvalue weighted by molar-refractivity contribution is 7.98. The molecule has 1 aromatic heterocycles. The van der Waals surface area contributed by atoms with Crippen molar-refractivity contribution >= 4 is 29.5 Å². The average molecular weight is 574 g/mol. The Morgan fingerprint density at radius 1 is 0.951 bits per heavy atom. The van der Waals surface area contributed by atoms with E-state index in [1.54, 1.807) is 16.7 Å². The Kier molecular flexibility index (Phi) is 9.90. The number of nitrogens with zero attached hydrogens (tertiary/aromatic N) is 5. The molecule has 5 rings (SSSR count). The first kappa shape index (κ1) is 29.1. The van der Waals surface area contributed by atoms with Crippen molar-refractivity contribution in [2.75, 3.05) is 57.3 Å². The lowest BCUT2D eigenvalue weighted by Crippen LogP contribution is -2.46. The molecule has 3 heterocycles. The SMILES string of the molecule is CCOC(=O)C1CCCN(C(=O)c2cccc(CSc3nc(-c4ccccc4)cc(N4CCN(CC)CC4)n3)c2)C1. The molecular weight excluding hydrogens is 534 g/mol. The number of ether oxygens (including phenoxy) is 1. The summed E-state index contributed by atoms with van der Waals surface area (Å²) >= 11 is 1.59. The predicted molar refractivity (Wildman–Crippen MR) is 163 cm³/mol. The van der Waals surface area contributed by atoms with Gasteiger partial charge >= 0.3 is 5.97 Å². The number of likely N-dealkylation sites (tertiary alicyclic amines) is 1. The minimum atomic E-state index is -0.250. The Balaban J connectivity index is 1.30. The topological polar surface area (TPSA) is 78.9 Å². The predicted octanol–water partition coefficient (Wildman–Crippen LogP) is 4.99. The van der Waals surface area contributed by atoms with Gasteiger partial charge < -0.3 is 19.4 Å². The number of amides is 1. The molecule has 1 unspecified atom stereocenters. The third-order valence-corrected chi connectivity index (χ3v) is 8.69. The lowest BCUT2D eigenvalue weighted by molar-refractivity contribution is -0.149. The van der Waals surface area contributed by atoms with Crippen LogP contribution >= 0.6 is 11.8 Å². The fraction of sp³-hybridized carbons (Fsp3) is 0.438. The average Bonchev–Trinajstić information content (AvgIpc) is 3.04. The maximum absolute atomic E-state index is 13.4. The molecule has 2 aromatic carbocycles. The largest absolute Gasteiger partial charge is 0.466 e. The summed E-state index contributed by atoms with van der Waals surface area (Å²) in [7, 11) is 0. The summed E-state index contributed by atoms with van der Waals surface area (Å²) < 4.78 is 5.21. The van der Waals surface area contributed by atoms with Crippen LogP contribution in [0.1, 0.15) is 42.6 Å². The number of carbonyl (C=O) groups excluding carboxylic acids is 2. The van der Waals surface area contributed by atoms with Gasteiger partial charge in [0.2, 0.25) is 0 Å². The van der Waals surface area contributed by atoms with Gasteiger partial charge in [0, 0.05) is 62.2 Å². The van der Waals surface area contributed by atoms with Crippen LogP contribution in [-0.4, -0.2) is 84.1 Å². The van der Waals surface area contributed by atoms with Crippen LogP contribution in [0.15, 0.2) is 65.8 Å². The molecule has 0 radical (unpaired) electrons. The Hall–Kier alpha value is -3.43. The number of piperazine rings is 1. The van der Waals surface area contributed by atoms with Crippen LogP contribution in [0, 0.1) is 5.92 Å². The summed E-state index contributed by atoms with van der Waals surface area (Å²) in [6.07, 6.45) is 1.56. The van der Waals surface area contributed by atoms with Crippen LogP contribution in [0.5, 0.6) is 0 Å². The first-order valence-electron chi connectivity index (χ1n) is 14.6. The zero-order valence-electron chi connectivity index (χ0n) is 24.0. The standard InChI is InChI=1S/C32H39N5O3S/c1-3-35-16-18-36(19-17-35)29-21-28(25-11-6-5-7-12-25)33-32(34-29)41-23-24-10-8-13-26(20-24)30(38)37-15-9-14-27(22-37)31(39)40-4-2/h5-8,10-13,20-21,27H,3-4,9,14-19,22-23H2,1-2H3. The van der Waals surface area contributed by atoms with Gasteiger partial charge in [0.1, 0.15) is 5.82 Å². The number of thioether (sulfide) groups is 1. The summed E-state index contributed by atoms with van der Waals surface area (Å²) in [5, 5.41) is 0.726. The number of likely N-dealkylation sites (N-methyl/N-ethyl adjacent to an activating group) is 1. The molecule has 0 saturated carbocycles. The van der Waals surface area contributed by atoms with E-state index in [1.165, 1.54) is 0 Å². The second-order valence-electron chi connectivity index (χ2n) is 10.5. The molecule has 2 saturated heterocycles. The lowest BCUT2D eigenvalue weighted by atomic mass is 9.97. The summed E-state index contributed by atoms with van der Waals surface area (Å²) in [5.41, 5.74) is 3.66. The number of rotatable bonds is 9. The molecule has 2 aliphatic rings. The third kappa shape index (κ3) is 7.45. The molecule has 0 spiro atoms. The summed E-state index contributed by atoms with van der Waals surface area (Å²) in [6.45, 7) is 10.5. The molecule has 0 aliphatic carbocycles. The Morgan fingerprint density at radius 2 is 1.76 bits per heavy atom. The van der Waals surface area contributed by atoms with E-state index < -0.39 is 0 Å². The number of carbonyl (C=O) groups is 2. The van der Waals surface area contributed by atoms with E-state index in [0.29, 0.717) is 31.0 Å². The Morgan fingerprint density at radius 3 is 2.51 bits per heavy atom. The maximum Gasteiger partial charge on any atom is 0.310 e. The lowest BCUT2D eigenvalue weighted by Gasteiger charge is -2.35. The van der Waals surface area contributed by atoms with E-state index in [0.717, 1.165) is 73.4 Å². The minimum Gasteiger partial charge on any atom is -0.466 e. The highest BCUT2D eigenvalue weighted by Crippen LogP contribution is 2.28. The van der Waals surface area contributed by atoms with E-state index in [1.807, 2.05) is 49.4 Å². The monoisotopic (exact) mass is 573 g/mol. The van der Waals surface area contributed by atoms with Gasteiger partial charge in [-0.1, -0.05) is 61.2 Å². The molecule has 8 nitrogen and oxygen atoms in total. The zero-order valence-corrected chi connectivity index (χ0v) is 24.8. The van der Waals surface area contributed by atoms with Crippen LogP contribution < -0.4 is 4.90 Å². The van der Waals surface area contributed by atoms with E-state index in [4.69, 9.17) is 14.7 Å². The van der Waals surface area contributed by atoms with Crippen LogP contribution in [0.2, 0.25) is 0 Å². The maximum atomic E-state index is 13.4. The normalized spacial score (nSPS) is 17.9. The summed E-state index contributed by atoms with van der Waals surface area (Å²) in [5.74, 6) is 1.11. The molecule has 2 aliphatic heterocycles. The van der Waals surface area contributed by atoms with E-state index in [-0.39, 0.29) is 17.8 Å². The molecule has 2 fully saturated rings. The van der Waals surface area contributed by atoms with Crippen molar-refractivity contribution in [2.45, 2.75) is 37.6 Å². The molecule has 41 heavy (non-hydrogen) atoms. The van der Waals surface area contributed by atoms with Crippen molar-refractivity contribution in [1.82, 2.24) is 19.8 Å². The molecule has 0 bridgehead atoms. The number of hydrogen-bond acceptors (Lipinski definition) is 8. The van der Waals surface area contributed by atoms with Crippen LogP contribution in [0.4, 0.5) is 5.82 Å². The number of aromatic nitrogens is 2. The van der Waals surface area contributed by atoms with Crippen molar-refractivity contribution in [2.24, 2.45) is 5.92 Å². The third-order valence-electron chi connectivity index (χ3n) is 7.78. The molecule has 3 aromatic rings. The van der Waals surface area contributed by atoms with Gasteiger partial charge in [-0.3, -0.25) is 9.59 Å². The van der Waals surface area contributed by atoms with Crippen LogP contribution in [0.25, 0.3) is 11.3 Å². The smallest absolute Gasteiger partial charge is 0.310 e. The van der Waals surface area contributed by atoms with E-state index >= 15 is 0 Å². The molecule has 216 valence electrons. The summed E-state index contributed by atoms with van der Waals surface area (Å²) in [4.78, 5) is 42.1. The van der Waals surface area contributed by atoms with Gasteiger partial charge in [-0.15, -0.1) is 0 Å². The zero-order chi connectivity index (χ0) is 28.6. The second kappa shape index (κ2) is 14.0. The fourth-order valence-corrected chi connectivity index (χ4v) is 6.22. The molecule has 1 atom stereocenters. The van der Waals surface area contributed by atoms with Gasteiger partial charge in [-0.25, -0.2) is 9.97 Å². The van der Waals surface area contributed by atoms with Crippen LogP contribution in [-0.2, 0) is 15.3 Å². The fourth-order valence-electron chi connectivity index (χ4n) is 5.43. The Bertz CT molecular complexity index is 1330. The van der Waals surface area contributed by atoms with Gasteiger partial charge in [-0.2, -0.15) is 0 Å². The van der Waals surface area contributed by atoms with Gasteiger partial charge in [0.25, 0.3) is 5.91 Å². The molecule has 9 heteroatoms. The Labute approximate surface area is 247 Å². The molecular formula is C32H39N5O3S. The minimum absolute atomic E-state index is 0.0401. The van der Waals surface area contributed by atoms with Crippen molar-refractivity contribution in [3.8, 4) is 11.3 Å². The van der Waals surface area contributed by atoms with Gasteiger partial charge in [0.15, 0.2) is 5.16 Å². The van der Waals surface area contributed by atoms with E-state index in [2.05, 4.69) is 34.9 Å². The van der Waals surface area contributed by atoms with Crippen molar-refractivity contribution in [1.29, 1.82) is 0 Å². The number of piperidine rings is 1. The highest BCUT2D eigenvalue weighted by atomic mass is 32.2. The van der Waals surface area contributed by atoms with Gasteiger partial charge in [0.05, 0.1) is 18.2 Å². The highest BCUT2D eigenvalue weighted by Gasteiger charge is 2.30. The summed E-state index contributed by atoms with van der Waals surface area (Å²) in [6, 6.07) is 20.1. The first-order chi connectivity index (χ1) is 20.0. The van der Waals surface area contributed by atoms with E-state index in [9.17, 15) is 9.59 Å². The molecule has 0 N–H and O–H groups in total. The quantitative estimate of drug-likeness (QED) is 0.201. The number of benzene rings is 2. The van der Waals surface area contributed by atoms with Crippen molar-refractivity contribution in [3.63, 3.8) is 0 Å². The van der Waals surface area contributed by atoms with Gasteiger partial charge in [-0.05, 0) is 44.0 Å². The first-order valence-corrected chi connectivity index (χ1v) is 15.6. The molecule has 1 amide bonds.